The number of hydrogen-bond acceptors (Lipinski definition) is 4. The summed E-state index contributed by atoms with van der Waals surface area (Å²) in [5.41, 5.74) is 2.57. The molecule has 3 aromatic rings. The van der Waals surface area contributed by atoms with Crippen molar-refractivity contribution in [2.75, 3.05) is 25.0 Å². The molecule has 2 aromatic carbocycles. The maximum absolute atomic E-state index is 13.6. The highest BCUT2D eigenvalue weighted by Crippen LogP contribution is 2.22. The molecule has 36 heavy (non-hydrogen) atoms. The number of rotatable bonds is 9. The van der Waals surface area contributed by atoms with Gasteiger partial charge in [-0.25, -0.2) is 4.79 Å². The predicted octanol–water partition coefficient (Wildman–Crippen LogP) is 6.26. The first kappa shape index (κ1) is 26.2. The Balaban J connectivity index is 1.51. The summed E-state index contributed by atoms with van der Waals surface area (Å²) in [5, 5.41) is 3.49. The normalized spacial score (nSPS) is 15.0. The van der Waals surface area contributed by atoms with Crippen molar-refractivity contribution in [3.63, 3.8) is 0 Å². The van der Waals surface area contributed by atoms with Gasteiger partial charge in [0.25, 0.3) is 0 Å². The van der Waals surface area contributed by atoms with Crippen molar-refractivity contribution in [2.24, 2.45) is 0 Å². The van der Waals surface area contributed by atoms with E-state index >= 15 is 0 Å². The number of ether oxygens (including phenoxy) is 1. The average Bonchev–Trinajstić information content (AvgIpc) is 3.52. The average molecular weight is 526 g/mol. The minimum Gasteiger partial charge on any atom is -0.376 e. The van der Waals surface area contributed by atoms with Gasteiger partial charge in [0.05, 0.1) is 12.6 Å². The van der Waals surface area contributed by atoms with Crippen molar-refractivity contribution >= 4 is 40.6 Å². The van der Waals surface area contributed by atoms with Crippen LogP contribution < -0.4 is 5.32 Å². The first-order chi connectivity index (χ1) is 17.4. The molecule has 3 amide bonds. The lowest BCUT2D eigenvalue weighted by Gasteiger charge is -2.29. The topological polar surface area (TPSA) is 61.9 Å². The maximum atomic E-state index is 13.6. The quantitative estimate of drug-likeness (QED) is 0.358. The summed E-state index contributed by atoms with van der Waals surface area (Å²) in [6, 6.07) is 19.1. The number of halogens is 1. The first-order valence-corrected chi connectivity index (χ1v) is 13.4. The number of carbonyl (C=O) groups excluding carboxylic acids is 2. The highest BCUT2D eigenvalue weighted by molar-refractivity contribution is 7.11. The third-order valence-electron chi connectivity index (χ3n) is 6.20. The lowest BCUT2D eigenvalue weighted by atomic mass is 10.2. The zero-order valence-corrected chi connectivity index (χ0v) is 22.3. The Labute approximate surface area is 221 Å². The number of thiophene rings is 1. The van der Waals surface area contributed by atoms with Crippen LogP contribution in [0.1, 0.15) is 33.7 Å². The van der Waals surface area contributed by atoms with E-state index in [1.165, 1.54) is 4.88 Å². The molecule has 1 N–H and O–H groups in total. The monoisotopic (exact) mass is 525 g/mol. The molecule has 0 bridgehead atoms. The van der Waals surface area contributed by atoms with Gasteiger partial charge in [-0.1, -0.05) is 48.0 Å². The third kappa shape index (κ3) is 7.32. The van der Waals surface area contributed by atoms with Crippen molar-refractivity contribution in [1.29, 1.82) is 0 Å². The van der Waals surface area contributed by atoms with Gasteiger partial charge in [-0.15, -0.1) is 11.3 Å². The van der Waals surface area contributed by atoms with E-state index in [0.29, 0.717) is 37.0 Å². The third-order valence-corrected chi connectivity index (χ3v) is 7.59. The number of nitrogens with one attached hydrogen (secondary N) is 1. The summed E-state index contributed by atoms with van der Waals surface area (Å²) in [6.07, 6.45) is 1.75. The van der Waals surface area contributed by atoms with Crippen LogP contribution in [0.5, 0.6) is 0 Å². The largest absolute Gasteiger partial charge is 0.376 e. The highest BCUT2D eigenvalue weighted by Gasteiger charge is 2.27. The molecule has 0 radical (unpaired) electrons. The van der Waals surface area contributed by atoms with E-state index < -0.39 is 0 Å². The van der Waals surface area contributed by atoms with Crippen molar-refractivity contribution in [3.05, 3.63) is 86.6 Å². The molecule has 0 spiro atoms. The van der Waals surface area contributed by atoms with Gasteiger partial charge >= 0.3 is 6.03 Å². The molecule has 6 nitrogen and oxygen atoms in total. The molecule has 1 atom stereocenters. The van der Waals surface area contributed by atoms with Gasteiger partial charge < -0.3 is 19.9 Å². The highest BCUT2D eigenvalue weighted by atomic mass is 35.5. The number of carbonyl (C=O) groups is 2. The van der Waals surface area contributed by atoms with Crippen LogP contribution in [-0.2, 0) is 22.6 Å². The minimum absolute atomic E-state index is 0.0392. The summed E-state index contributed by atoms with van der Waals surface area (Å²) >= 11 is 7.93. The van der Waals surface area contributed by atoms with Gasteiger partial charge in [-0.05, 0) is 62.1 Å². The zero-order chi connectivity index (χ0) is 25.5. The molecule has 1 aliphatic heterocycles. The van der Waals surface area contributed by atoms with Crippen molar-refractivity contribution in [1.82, 2.24) is 9.80 Å². The Morgan fingerprint density at radius 2 is 1.86 bits per heavy atom. The zero-order valence-electron chi connectivity index (χ0n) is 20.7. The summed E-state index contributed by atoms with van der Waals surface area (Å²) in [4.78, 5) is 32.7. The maximum Gasteiger partial charge on any atom is 0.322 e. The number of anilines is 1. The molecule has 1 unspecified atom stereocenters. The molecule has 2 heterocycles. The Kier molecular flexibility index (Phi) is 9.02. The number of urea groups is 1. The Bertz CT molecular complexity index is 1180. The van der Waals surface area contributed by atoms with Gasteiger partial charge in [0, 0.05) is 40.2 Å². The van der Waals surface area contributed by atoms with Crippen LogP contribution in [0.2, 0.25) is 5.02 Å². The van der Waals surface area contributed by atoms with Gasteiger partial charge in [-0.2, -0.15) is 0 Å². The molecule has 0 saturated carbocycles. The number of nitrogens with zero attached hydrogens (tertiary/aromatic N) is 2. The number of aryl methyl sites for hydroxylation is 2. The van der Waals surface area contributed by atoms with Gasteiger partial charge in [0.1, 0.15) is 6.54 Å². The predicted molar refractivity (Wildman–Crippen MR) is 146 cm³/mol. The Hall–Kier alpha value is -2.87. The molecule has 8 heteroatoms. The second kappa shape index (κ2) is 12.4. The van der Waals surface area contributed by atoms with Crippen LogP contribution in [0.4, 0.5) is 10.5 Å². The molecule has 1 aliphatic rings. The van der Waals surface area contributed by atoms with Crippen LogP contribution in [0.3, 0.4) is 0 Å². The van der Waals surface area contributed by atoms with E-state index in [-0.39, 0.29) is 24.6 Å². The van der Waals surface area contributed by atoms with Crippen LogP contribution in [0.15, 0.2) is 60.7 Å². The molecule has 1 aromatic heterocycles. The molecule has 1 saturated heterocycles. The second-order valence-corrected chi connectivity index (χ2v) is 10.9. The van der Waals surface area contributed by atoms with Gasteiger partial charge in [0.2, 0.25) is 5.91 Å². The summed E-state index contributed by atoms with van der Waals surface area (Å²) in [7, 11) is 0. The van der Waals surface area contributed by atoms with E-state index in [1.807, 2.05) is 54.3 Å². The second-order valence-electron chi connectivity index (χ2n) is 9.16. The molecule has 0 aliphatic carbocycles. The van der Waals surface area contributed by atoms with Crippen LogP contribution in [-0.4, -0.2) is 47.5 Å². The summed E-state index contributed by atoms with van der Waals surface area (Å²) in [5.74, 6) is -0.111. The van der Waals surface area contributed by atoms with Crippen molar-refractivity contribution in [3.8, 4) is 0 Å². The van der Waals surface area contributed by atoms with Gasteiger partial charge in [0.15, 0.2) is 0 Å². The SMILES string of the molecule is Cc1ccc(CN(Cc2ccccc2)C(=O)CN(CC2CCCO2)C(=O)Nc2ccc(C)c(Cl)c2)s1. The summed E-state index contributed by atoms with van der Waals surface area (Å²) < 4.78 is 5.79. The van der Waals surface area contributed by atoms with Crippen LogP contribution in [0.25, 0.3) is 0 Å². The fraction of sp³-hybridized carbons (Fsp3) is 0.357. The lowest BCUT2D eigenvalue weighted by molar-refractivity contribution is -0.133. The van der Waals surface area contributed by atoms with Crippen LogP contribution >= 0.6 is 22.9 Å². The van der Waals surface area contributed by atoms with Crippen molar-refractivity contribution in [2.45, 2.75) is 45.9 Å². The molecule has 1 fully saturated rings. The van der Waals surface area contributed by atoms with Crippen LogP contribution in [0, 0.1) is 13.8 Å². The Morgan fingerprint density at radius 1 is 1.06 bits per heavy atom. The van der Waals surface area contributed by atoms with E-state index in [9.17, 15) is 9.59 Å². The number of hydrogen-bond donors (Lipinski definition) is 1. The van der Waals surface area contributed by atoms with Crippen molar-refractivity contribution < 1.29 is 14.3 Å². The smallest absolute Gasteiger partial charge is 0.322 e. The van der Waals surface area contributed by atoms with E-state index in [2.05, 4.69) is 24.4 Å². The van der Waals surface area contributed by atoms with E-state index in [0.717, 1.165) is 28.8 Å². The van der Waals surface area contributed by atoms with Gasteiger partial charge in [-0.3, -0.25) is 4.79 Å². The molecular formula is C28H32ClN3O3S. The first-order valence-electron chi connectivity index (χ1n) is 12.2. The molecular weight excluding hydrogens is 494 g/mol. The lowest BCUT2D eigenvalue weighted by Crippen LogP contribution is -2.46. The fourth-order valence-electron chi connectivity index (χ4n) is 4.18. The fourth-order valence-corrected chi connectivity index (χ4v) is 5.27. The number of benzene rings is 2. The Morgan fingerprint density at radius 3 is 2.53 bits per heavy atom. The summed E-state index contributed by atoms with van der Waals surface area (Å²) in [6.45, 7) is 5.93. The minimum atomic E-state index is -0.342. The van der Waals surface area contributed by atoms with E-state index in [4.69, 9.17) is 16.3 Å². The number of amides is 3. The molecule has 190 valence electrons. The van der Waals surface area contributed by atoms with E-state index in [1.54, 1.807) is 22.3 Å². The standard InChI is InChI=1S/C28H32ClN3O3S/c1-20-10-12-23(15-26(20)29)30-28(34)32(17-24-9-6-14-35-24)19-27(33)31(16-22-7-4-3-5-8-22)18-25-13-11-21(2)36-25/h3-5,7-8,10-13,15,24H,6,9,14,16-19H2,1-2H3,(H,30,34). The molecule has 4 rings (SSSR count).